The normalized spacial score (nSPS) is 20.9. The molecule has 1 heterocycles. The van der Waals surface area contributed by atoms with E-state index in [2.05, 4.69) is 43.4 Å². The summed E-state index contributed by atoms with van der Waals surface area (Å²) in [7, 11) is 3.64. The van der Waals surface area contributed by atoms with Crippen LogP contribution >= 0.6 is 12.4 Å². The number of rotatable bonds is 4. The van der Waals surface area contributed by atoms with E-state index in [1.54, 1.807) is 17.9 Å². The summed E-state index contributed by atoms with van der Waals surface area (Å²) in [5.74, 6) is 0.0131. The van der Waals surface area contributed by atoms with Crippen LogP contribution in [0.25, 0.3) is 0 Å². The van der Waals surface area contributed by atoms with Crippen molar-refractivity contribution in [1.29, 1.82) is 0 Å². The van der Waals surface area contributed by atoms with Gasteiger partial charge in [0.15, 0.2) is 0 Å². The lowest BCUT2D eigenvalue weighted by Gasteiger charge is -2.15. The maximum Gasteiger partial charge on any atom is 0.242 e. The molecule has 6 heteroatoms. The largest absolute Gasteiger partial charge is 0.351 e. The molecule has 0 bridgehead atoms. The van der Waals surface area contributed by atoms with Gasteiger partial charge in [-0.25, -0.2) is 0 Å². The fourth-order valence-electron chi connectivity index (χ4n) is 2.82. The van der Waals surface area contributed by atoms with Crippen molar-refractivity contribution in [2.24, 2.45) is 17.9 Å². The number of aromatic nitrogens is 2. The third-order valence-corrected chi connectivity index (χ3v) is 4.92. The highest BCUT2D eigenvalue weighted by Crippen LogP contribution is 2.62. The van der Waals surface area contributed by atoms with E-state index in [0.29, 0.717) is 0 Å². The van der Waals surface area contributed by atoms with Gasteiger partial charge in [0.1, 0.15) is 6.04 Å². The summed E-state index contributed by atoms with van der Waals surface area (Å²) in [6.45, 7) is 8.76. The van der Waals surface area contributed by atoms with Gasteiger partial charge in [-0.1, -0.05) is 27.7 Å². The van der Waals surface area contributed by atoms with Crippen molar-refractivity contribution in [3.8, 4) is 0 Å². The molecule has 1 atom stereocenters. The molecule has 1 saturated carbocycles. The molecule has 1 unspecified atom stereocenters. The Morgan fingerprint density at radius 1 is 1.35 bits per heavy atom. The molecule has 1 aromatic heterocycles. The van der Waals surface area contributed by atoms with Crippen LogP contribution in [0.1, 0.15) is 39.3 Å². The average molecular weight is 301 g/mol. The van der Waals surface area contributed by atoms with E-state index in [-0.39, 0.29) is 41.2 Å². The Labute approximate surface area is 126 Å². The molecule has 1 amide bonds. The molecule has 2 N–H and O–H groups in total. The van der Waals surface area contributed by atoms with Gasteiger partial charge in [0.25, 0.3) is 0 Å². The van der Waals surface area contributed by atoms with E-state index in [1.165, 1.54) is 0 Å². The maximum atomic E-state index is 12.4. The van der Waals surface area contributed by atoms with Gasteiger partial charge in [-0.15, -0.1) is 12.4 Å². The van der Waals surface area contributed by atoms with Crippen LogP contribution in [0.2, 0.25) is 0 Å². The third-order valence-electron chi connectivity index (χ3n) is 4.92. The van der Waals surface area contributed by atoms with Crippen molar-refractivity contribution in [2.45, 2.75) is 39.8 Å². The van der Waals surface area contributed by atoms with Crippen LogP contribution in [0.4, 0.5) is 0 Å². The van der Waals surface area contributed by atoms with Gasteiger partial charge in [0.2, 0.25) is 5.91 Å². The zero-order valence-electron chi connectivity index (χ0n) is 13.0. The van der Waals surface area contributed by atoms with Crippen molar-refractivity contribution in [3.63, 3.8) is 0 Å². The molecule has 1 fully saturated rings. The minimum absolute atomic E-state index is 0. The highest BCUT2D eigenvalue weighted by molar-refractivity contribution is 5.85. The monoisotopic (exact) mass is 300 g/mol. The molecule has 0 aliphatic heterocycles. The number of nitrogens with one attached hydrogen (secondary N) is 2. The van der Waals surface area contributed by atoms with E-state index in [0.717, 1.165) is 5.56 Å². The lowest BCUT2D eigenvalue weighted by Crippen LogP contribution is -2.39. The topological polar surface area (TPSA) is 59.0 Å². The van der Waals surface area contributed by atoms with Crippen molar-refractivity contribution >= 4 is 18.3 Å². The number of aryl methyl sites for hydroxylation is 1. The first-order valence-corrected chi connectivity index (χ1v) is 6.68. The van der Waals surface area contributed by atoms with Gasteiger partial charge in [0, 0.05) is 24.8 Å². The second-order valence-corrected chi connectivity index (χ2v) is 6.55. The molecule has 1 aliphatic rings. The van der Waals surface area contributed by atoms with Gasteiger partial charge >= 0.3 is 0 Å². The lowest BCUT2D eigenvalue weighted by molar-refractivity contribution is -0.123. The summed E-state index contributed by atoms with van der Waals surface area (Å²) >= 11 is 0. The first kappa shape index (κ1) is 17.0. The first-order chi connectivity index (χ1) is 8.71. The van der Waals surface area contributed by atoms with Gasteiger partial charge in [-0.05, 0) is 17.9 Å². The van der Waals surface area contributed by atoms with E-state index in [9.17, 15) is 4.79 Å². The molecule has 20 heavy (non-hydrogen) atoms. The number of amides is 1. The van der Waals surface area contributed by atoms with E-state index in [4.69, 9.17) is 0 Å². The standard InChI is InChI=1S/C14H24N4O.ClH/c1-13(2)12(14(13,3)4)17-11(19)10(15-5)9-7-16-18(6)8-9;/h7-8,10,12,15H,1-6H3,(H,17,19);1H. The Balaban J connectivity index is 0.00000200. The quantitative estimate of drug-likeness (QED) is 0.889. The summed E-state index contributed by atoms with van der Waals surface area (Å²) in [5, 5.41) is 10.3. The number of nitrogens with zero attached hydrogens (tertiary/aromatic N) is 2. The summed E-state index contributed by atoms with van der Waals surface area (Å²) in [6, 6.07) is -0.124. The van der Waals surface area contributed by atoms with Crippen molar-refractivity contribution in [1.82, 2.24) is 20.4 Å². The fraction of sp³-hybridized carbons (Fsp3) is 0.714. The molecule has 114 valence electrons. The molecule has 2 rings (SSSR count). The lowest BCUT2D eigenvalue weighted by atomic mass is 10.0. The van der Waals surface area contributed by atoms with Crippen LogP contribution in [0.15, 0.2) is 12.4 Å². The van der Waals surface area contributed by atoms with Gasteiger partial charge in [0.05, 0.1) is 6.20 Å². The average Bonchev–Trinajstić information content (AvgIpc) is 2.68. The third kappa shape index (κ3) is 2.56. The van der Waals surface area contributed by atoms with Crippen LogP contribution in [0.5, 0.6) is 0 Å². The van der Waals surface area contributed by atoms with E-state index >= 15 is 0 Å². The number of carbonyl (C=O) groups excluding carboxylic acids is 1. The zero-order valence-corrected chi connectivity index (χ0v) is 13.8. The highest BCUT2D eigenvalue weighted by Gasteiger charge is 2.65. The number of halogens is 1. The first-order valence-electron chi connectivity index (χ1n) is 6.68. The molecule has 0 radical (unpaired) electrons. The molecular weight excluding hydrogens is 276 g/mol. The van der Waals surface area contributed by atoms with Crippen molar-refractivity contribution in [3.05, 3.63) is 18.0 Å². The highest BCUT2D eigenvalue weighted by atomic mass is 35.5. The molecular formula is C14H25ClN4O. The Morgan fingerprint density at radius 3 is 2.25 bits per heavy atom. The summed E-state index contributed by atoms with van der Waals surface area (Å²) < 4.78 is 1.71. The Bertz CT molecular complexity index is 481. The molecule has 1 aromatic rings. The molecule has 5 nitrogen and oxygen atoms in total. The second-order valence-electron chi connectivity index (χ2n) is 6.55. The molecule has 0 saturated heterocycles. The fourth-order valence-corrected chi connectivity index (χ4v) is 2.82. The predicted molar refractivity (Wildman–Crippen MR) is 81.7 cm³/mol. The smallest absolute Gasteiger partial charge is 0.242 e. The van der Waals surface area contributed by atoms with Crippen molar-refractivity contribution < 1.29 is 4.79 Å². The predicted octanol–water partition coefficient (Wildman–Crippen LogP) is 1.65. The van der Waals surface area contributed by atoms with Crippen LogP contribution in [-0.2, 0) is 11.8 Å². The van der Waals surface area contributed by atoms with Crippen LogP contribution in [0.3, 0.4) is 0 Å². The van der Waals surface area contributed by atoms with E-state index < -0.39 is 0 Å². The van der Waals surface area contributed by atoms with Gasteiger partial charge in [-0.2, -0.15) is 5.10 Å². The van der Waals surface area contributed by atoms with Gasteiger partial charge < -0.3 is 10.6 Å². The number of likely N-dealkylation sites (N-methyl/N-ethyl adjacent to an activating group) is 1. The summed E-state index contributed by atoms with van der Waals surface area (Å²) in [6.07, 6.45) is 3.59. The second kappa shape index (κ2) is 5.37. The van der Waals surface area contributed by atoms with E-state index in [1.807, 2.05) is 13.2 Å². The van der Waals surface area contributed by atoms with Crippen LogP contribution < -0.4 is 10.6 Å². The Morgan fingerprint density at radius 2 is 1.90 bits per heavy atom. The minimum atomic E-state index is -0.346. The maximum absolute atomic E-state index is 12.4. The number of carbonyl (C=O) groups is 1. The number of hydrogen-bond donors (Lipinski definition) is 2. The van der Waals surface area contributed by atoms with Crippen molar-refractivity contribution in [2.75, 3.05) is 7.05 Å². The summed E-state index contributed by atoms with van der Waals surface area (Å²) in [4.78, 5) is 12.4. The Kier molecular flexibility index (Phi) is 4.56. The van der Waals surface area contributed by atoms with Crippen LogP contribution in [-0.4, -0.2) is 28.8 Å². The molecule has 0 aromatic carbocycles. The SMILES string of the molecule is CNC(C(=O)NC1C(C)(C)C1(C)C)c1cnn(C)c1.Cl. The summed E-state index contributed by atoms with van der Waals surface area (Å²) in [5.41, 5.74) is 1.19. The van der Waals surface area contributed by atoms with Crippen LogP contribution in [0, 0.1) is 10.8 Å². The number of hydrogen-bond acceptors (Lipinski definition) is 3. The Hall–Kier alpha value is -1.07. The molecule has 0 spiro atoms. The molecule has 1 aliphatic carbocycles. The van der Waals surface area contributed by atoms with Gasteiger partial charge in [-0.3, -0.25) is 9.48 Å². The minimum Gasteiger partial charge on any atom is -0.351 e. The zero-order chi connectivity index (χ0) is 14.4.